The lowest BCUT2D eigenvalue weighted by molar-refractivity contribution is 0.0594. The molecule has 1 amide bonds. The van der Waals surface area contributed by atoms with Crippen LogP contribution in [0.15, 0.2) is 59.7 Å². The Kier molecular flexibility index (Phi) is 4.98. The summed E-state index contributed by atoms with van der Waals surface area (Å²) in [5.74, 6) is 0.577. The average molecular weight is 418 g/mol. The summed E-state index contributed by atoms with van der Waals surface area (Å²) < 4.78 is 3.73. The summed E-state index contributed by atoms with van der Waals surface area (Å²) in [4.78, 5) is 30.2. The van der Waals surface area contributed by atoms with Gasteiger partial charge in [0.2, 0.25) is 0 Å². The van der Waals surface area contributed by atoms with E-state index in [-0.39, 0.29) is 17.4 Å². The molecule has 2 aliphatic heterocycles. The molecule has 0 saturated carbocycles. The number of benzene rings is 1. The Morgan fingerprint density at radius 3 is 2.61 bits per heavy atom. The van der Waals surface area contributed by atoms with Crippen LogP contribution >= 0.6 is 0 Å². The molecule has 7 nitrogen and oxygen atoms in total. The smallest absolute Gasteiger partial charge is 0.255 e. The topological polar surface area (TPSA) is 63.4 Å². The maximum absolute atomic E-state index is 13.2. The number of rotatable bonds is 4. The van der Waals surface area contributed by atoms with Gasteiger partial charge in [0.25, 0.3) is 11.5 Å². The predicted octanol–water partition coefficient (Wildman–Crippen LogP) is 2.36. The van der Waals surface area contributed by atoms with Gasteiger partial charge >= 0.3 is 0 Å². The third-order valence-electron chi connectivity index (χ3n) is 6.34. The lowest BCUT2D eigenvalue weighted by atomic mass is 9.82. The van der Waals surface area contributed by atoms with Crippen LogP contribution in [0.1, 0.15) is 34.0 Å². The number of fused-ring (bicyclic) bond motifs is 4. The van der Waals surface area contributed by atoms with Crippen molar-refractivity contribution in [3.8, 4) is 5.69 Å². The minimum atomic E-state index is 0.0572. The van der Waals surface area contributed by atoms with Gasteiger partial charge < -0.3 is 14.4 Å². The molecule has 160 valence electrons. The zero-order valence-electron chi connectivity index (χ0n) is 17.9. The van der Waals surface area contributed by atoms with Gasteiger partial charge in [-0.25, -0.2) is 4.68 Å². The Morgan fingerprint density at radius 1 is 1.10 bits per heavy atom. The van der Waals surface area contributed by atoms with Gasteiger partial charge in [0.1, 0.15) is 0 Å². The number of hydrogen-bond acceptors (Lipinski definition) is 4. The van der Waals surface area contributed by atoms with E-state index in [0.717, 1.165) is 23.4 Å². The van der Waals surface area contributed by atoms with Crippen LogP contribution in [-0.2, 0) is 13.1 Å². The van der Waals surface area contributed by atoms with Crippen molar-refractivity contribution in [3.05, 3.63) is 82.0 Å². The van der Waals surface area contributed by atoms with Crippen LogP contribution in [0.3, 0.4) is 0 Å². The first-order chi connectivity index (χ1) is 15.0. The highest BCUT2D eigenvalue weighted by Crippen LogP contribution is 2.35. The quantitative estimate of drug-likeness (QED) is 0.654. The Bertz CT molecular complexity index is 1150. The molecule has 0 radical (unpaired) electrons. The number of likely N-dealkylation sites (tertiary alicyclic amines) is 1. The van der Waals surface area contributed by atoms with Crippen LogP contribution in [0, 0.1) is 5.92 Å². The Labute approximate surface area is 181 Å². The van der Waals surface area contributed by atoms with Gasteiger partial charge in [-0.1, -0.05) is 6.07 Å². The fraction of sp³-hybridized carbons (Fsp3) is 0.375. The molecule has 0 unspecified atom stereocenters. The van der Waals surface area contributed by atoms with E-state index < -0.39 is 0 Å². The fourth-order valence-corrected chi connectivity index (χ4v) is 4.98. The molecule has 2 bridgehead atoms. The summed E-state index contributed by atoms with van der Waals surface area (Å²) in [5, 5.41) is 4.23. The van der Waals surface area contributed by atoms with Crippen LogP contribution in [0.5, 0.6) is 0 Å². The normalized spacial score (nSPS) is 20.0. The van der Waals surface area contributed by atoms with Gasteiger partial charge in [-0.15, -0.1) is 0 Å². The lowest BCUT2D eigenvalue weighted by Crippen LogP contribution is -2.49. The van der Waals surface area contributed by atoms with E-state index in [9.17, 15) is 9.59 Å². The third-order valence-corrected chi connectivity index (χ3v) is 6.34. The number of hydrogen-bond donors (Lipinski definition) is 0. The Hall–Kier alpha value is -3.19. The molecule has 7 heteroatoms. The van der Waals surface area contributed by atoms with Crippen molar-refractivity contribution in [2.75, 3.05) is 27.2 Å². The van der Waals surface area contributed by atoms with Crippen molar-refractivity contribution < 1.29 is 4.79 Å². The number of carbonyl (C=O) groups is 1. The van der Waals surface area contributed by atoms with Crippen molar-refractivity contribution in [3.63, 3.8) is 0 Å². The van der Waals surface area contributed by atoms with Crippen LogP contribution < -0.4 is 5.56 Å². The van der Waals surface area contributed by atoms with E-state index in [0.29, 0.717) is 37.7 Å². The lowest BCUT2D eigenvalue weighted by Gasteiger charge is -2.43. The molecule has 1 fully saturated rings. The molecule has 0 spiro atoms. The van der Waals surface area contributed by atoms with Crippen molar-refractivity contribution in [1.29, 1.82) is 0 Å². The van der Waals surface area contributed by atoms with E-state index in [1.807, 2.05) is 71.1 Å². The van der Waals surface area contributed by atoms with E-state index >= 15 is 0 Å². The third kappa shape index (κ3) is 3.70. The van der Waals surface area contributed by atoms with E-state index in [1.165, 1.54) is 0 Å². The van der Waals surface area contributed by atoms with Crippen LogP contribution in [-0.4, -0.2) is 57.2 Å². The Balaban J connectivity index is 1.36. The van der Waals surface area contributed by atoms with Gasteiger partial charge in [-0.3, -0.25) is 9.59 Å². The molecule has 5 rings (SSSR count). The average Bonchev–Trinajstić information content (AvgIpc) is 3.30. The highest BCUT2D eigenvalue weighted by molar-refractivity contribution is 5.94. The van der Waals surface area contributed by atoms with Gasteiger partial charge in [-0.2, -0.15) is 5.10 Å². The number of nitrogens with zero attached hydrogens (tertiary/aromatic N) is 5. The molecule has 0 aliphatic carbocycles. The highest BCUT2D eigenvalue weighted by Gasteiger charge is 2.36. The molecule has 0 N–H and O–H groups in total. The van der Waals surface area contributed by atoms with E-state index in [4.69, 9.17) is 0 Å². The number of piperidine rings is 1. The minimum absolute atomic E-state index is 0.0572. The summed E-state index contributed by atoms with van der Waals surface area (Å²) in [5.41, 5.74) is 3.64. The molecule has 2 atom stereocenters. The maximum Gasteiger partial charge on any atom is 0.255 e. The summed E-state index contributed by atoms with van der Waals surface area (Å²) in [6, 6.07) is 13.5. The molecule has 3 aromatic rings. The molecular formula is C24H27N5O2. The largest absolute Gasteiger partial charge is 0.338 e. The first kappa shape index (κ1) is 19.8. The zero-order valence-corrected chi connectivity index (χ0v) is 17.9. The SMILES string of the molecule is CN(C)Cc1ccc2n(c1=O)C[C@H]1C[C@@H]2CN(C(=O)c2ccc(-n3cccn3)cc2)C1. The molecule has 31 heavy (non-hydrogen) atoms. The molecular weight excluding hydrogens is 390 g/mol. The predicted molar refractivity (Wildman–Crippen MR) is 118 cm³/mol. The molecule has 4 heterocycles. The van der Waals surface area contributed by atoms with Crippen LogP contribution in [0.4, 0.5) is 0 Å². The summed E-state index contributed by atoms with van der Waals surface area (Å²) in [7, 11) is 3.95. The van der Waals surface area contributed by atoms with Gasteiger partial charge in [0.05, 0.1) is 5.69 Å². The maximum atomic E-state index is 13.2. The van der Waals surface area contributed by atoms with Crippen LogP contribution in [0.2, 0.25) is 0 Å². The zero-order chi connectivity index (χ0) is 21.5. The monoisotopic (exact) mass is 417 g/mol. The molecule has 1 saturated heterocycles. The Morgan fingerprint density at radius 2 is 1.90 bits per heavy atom. The van der Waals surface area contributed by atoms with Gasteiger partial charge in [-0.05, 0) is 62.8 Å². The van der Waals surface area contributed by atoms with Gasteiger partial charge in [0.15, 0.2) is 0 Å². The fourth-order valence-electron chi connectivity index (χ4n) is 4.98. The van der Waals surface area contributed by atoms with Crippen molar-refractivity contribution >= 4 is 5.91 Å². The summed E-state index contributed by atoms with van der Waals surface area (Å²) in [6.45, 7) is 2.68. The first-order valence-electron chi connectivity index (χ1n) is 10.8. The molecule has 2 aromatic heterocycles. The van der Waals surface area contributed by atoms with Crippen molar-refractivity contribution in [2.24, 2.45) is 5.92 Å². The minimum Gasteiger partial charge on any atom is -0.338 e. The number of amides is 1. The highest BCUT2D eigenvalue weighted by atomic mass is 16.2. The number of aromatic nitrogens is 3. The standard InChI is InChI=1S/C24H27N5O2/c1-26(2)15-19-6-9-22-20-12-17(14-28(22)24(19)31)13-27(16-20)23(30)18-4-7-21(8-5-18)29-11-3-10-25-29/h3-11,17,20H,12-16H2,1-2H3/t17-,20+/m0/s1. The summed E-state index contributed by atoms with van der Waals surface area (Å²) >= 11 is 0. The molecule has 2 aliphatic rings. The van der Waals surface area contributed by atoms with Gasteiger partial charge in [0, 0.05) is 61.3 Å². The number of carbonyl (C=O) groups excluding carboxylic acids is 1. The first-order valence-corrected chi connectivity index (χ1v) is 10.8. The van der Waals surface area contributed by atoms with E-state index in [1.54, 1.807) is 10.9 Å². The second-order valence-corrected chi connectivity index (χ2v) is 8.94. The van der Waals surface area contributed by atoms with Crippen molar-refractivity contribution in [1.82, 2.24) is 24.1 Å². The van der Waals surface area contributed by atoms with Crippen molar-refractivity contribution in [2.45, 2.75) is 25.4 Å². The second-order valence-electron chi connectivity index (χ2n) is 8.94. The van der Waals surface area contributed by atoms with E-state index in [2.05, 4.69) is 11.2 Å². The summed E-state index contributed by atoms with van der Waals surface area (Å²) in [6.07, 6.45) is 4.65. The number of pyridine rings is 1. The molecule has 1 aromatic carbocycles. The second kappa shape index (κ2) is 7.81. The van der Waals surface area contributed by atoms with Crippen LogP contribution in [0.25, 0.3) is 5.69 Å².